The van der Waals surface area contributed by atoms with Crippen LogP contribution in [0.2, 0.25) is 0 Å². The second-order valence-corrected chi connectivity index (χ2v) is 4.57. The maximum Gasteiger partial charge on any atom is 0.130 e. The molecular weight excluding hydrogens is 217 g/mol. The van der Waals surface area contributed by atoms with Crippen molar-refractivity contribution < 1.29 is 9.13 Å². The Hall–Kier alpha value is -1.35. The molecule has 0 saturated carbocycles. The lowest BCUT2D eigenvalue weighted by Gasteiger charge is -2.33. The fourth-order valence-electron chi connectivity index (χ4n) is 2.09. The highest BCUT2D eigenvalue weighted by molar-refractivity contribution is 5.66. The highest BCUT2D eigenvalue weighted by atomic mass is 19.1. The van der Waals surface area contributed by atoms with Crippen LogP contribution in [0, 0.1) is 5.82 Å². The lowest BCUT2D eigenvalue weighted by atomic mass is 10.1. The second kappa shape index (κ2) is 4.88. The molecule has 92 valence electrons. The highest BCUT2D eigenvalue weighted by Crippen LogP contribution is 2.24. The van der Waals surface area contributed by atoms with E-state index < -0.39 is 0 Å². The van der Waals surface area contributed by atoms with Crippen LogP contribution >= 0.6 is 0 Å². The van der Waals surface area contributed by atoms with Gasteiger partial charge in [0, 0.05) is 24.3 Å². The predicted molar refractivity (Wildman–Crippen MR) is 68.7 cm³/mol. The quantitative estimate of drug-likeness (QED) is 0.781. The monoisotopic (exact) mass is 235 g/mol. The van der Waals surface area contributed by atoms with Gasteiger partial charge in [-0.1, -0.05) is 6.58 Å². The summed E-state index contributed by atoms with van der Waals surface area (Å²) in [7, 11) is 0. The first-order chi connectivity index (χ1) is 8.08. The Morgan fingerprint density at radius 2 is 2.29 bits per heavy atom. The minimum absolute atomic E-state index is 0.206. The van der Waals surface area contributed by atoms with Gasteiger partial charge in [-0.2, -0.15) is 0 Å². The van der Waals surface area contributed by atoms with E-state index in [0.717, 1.165) is 31.0 Å². The van der Waals surface area contributed by atoms with Gasteiger partial charge < -0.3 is 9.64 Å². The zero-order valence-electron chi connectivity index (χ0n) is 10.4. The van der Waals surface area contributed by atoms with Gasteiger partial charge in [-0.15, -0.1) is 0 Å². The van der Waals surface area contributed by atoms with E-state index in [1.165, 1.54) is 6.07 Å². The first kappa shape index (κ1) is 12.1. The summed E-state index contributed by atoms with van der Waals surface area (Å²) in [4.78, 5) is 2.22. The summed E-state index contributed by atoms with van der Waals surface area (Å²) in [5.41, 5.74) is 2.40. The van der Waals surface area contributed by atoms with E-state index in [4.69, 9.17) is 4.74 Å². The third-order valence-electron chi connectivity index (χ3n) is 3.02. The number of benzene rings is 1. The normalized spacial score (nSPS) is 20.4. The third kappa shape index (κ3) is 2.67. The van der Waals surface area contributed by atoms with E-state index in [2.05, 4.69) is 18.4 Å². The second-order valence-electron chi connectivity index (χ2n) is 4.57. The number of hydrogen-bond acceptors (Lipinski definition) is 2. The number of ether oxygens (including phenoxy) is 1. The molecule has 0 aliphatic carbocycles. The Balaban J connectivity index is 2.26. The minimum Gasteiger partial charge on any atom is -0.375 e. The number of morpholine rings is 1. The molecule has 0 radical (unpaired) electrons. The molecular formula is C14H18FNO. The molecule has 1 heterocycles. The molecule has 0 N–H and O–H groups in total. The Kier molecular flexibility index (Phi) is 3.48. The van der Waals surface area contributed by atoms with Gasteiger partial charge in [0.1, 0.15) is 5.82 Å². The first-order valence-electron chi connectivity index (χ1n) is 5.90. The Labute approximate surface area is 102 Å². The van der Waals surface area contributed by atoms with Gasteiger partial charge >= 0.3 is 0 Å². The van der Waals surface area contributed by atoms with E-state index in [-0.39, 0.29) is 11.9 Å². The number of rotatable bonds is 2. The van der Waals surface area contributed by atoms with Crippen LogP contribution in [0.4, 0.5) is 10.1 Å². The molecule has 2 rings (SSSR count). The van der Waals surface area contributed by atoms with Crippen molar-refractivity contribution in [3.05, 3.63) is 36.2 Å². The standard InChI is InChI=1S/C14H18FNO/c1-10(2)13-8-12(4-5-14(13)15)16-6-7-17-11(3)9-16/h4-5,8,11H,1,6-7,9H2,2-3H3/t11-/m1/s1. The van der Waals surface area contributed by atoms with Gasteiger partial charge in [0.05, 0.1) is 12.7 Å². The van der Waals surface area contributed by atoms with E-state index in [0.29, 0.717) is 5.56 Å². The molecule has 0 unspecified atom stereocenters. The van der Waals surface area contributed by atoms with Crippen molar-refractivity contribution in [2.45, 2.75) is 20.0 Å². The fourth-order valence-corrected chi connectivity index (χ4v) is 2.09. The van der Waals surface area contributed by atoms with Gasteiger partial charge in [0.2, 0.25) is 0 Å². The summed E-state index contributed by atoms with van der Waals surface area (Å²) >= 11 is 0. The summed E-state index contributed by atoms with van der Waals surface area (Å²) in [5, 5.41) is 0. The zero-order valence-corrected chi connectivity index (χ0v) is 10.4. The van der Waals surface area contributed by atoms with Gasteiger partial charge in [-0.05, 0) is 37.6 Å². The fraction of sp³-hybridized carbons (Fsp3) is 0.429. The van der Waals surface area contributed by atoms with E-state index in [1.807, 2.05) is 19.1 Å². The lowest BCUT2D eigenvalue weighted by Crippen LogP contribution is -2.41. The van der Waals surface area contributed by atoms with Gasteiger partial charge in [-0.25, -0.2) is 4.39 Å². The van der Waals surface area contributed by atoms with Gasteiger partial charge in [-0.3, -0.25) is 0 Å². The molecule has 1 aromatic carbocycles. The summed E-state index contributed by atoms with van der Waals surface area (Å²) < 4.78 is 19.1. The first-order valence-corrected chi connectivity index (χ1v) is 5.90. The van der Waals surface area contributed by atoms with Crippen LogP contribution in [0.5, 0.6) is 0 Å². The summed E-state index contributed by atoms with van der Waals surface area (Å²) in [6.07, 6.45) is 0.224. The van der Waals surface area contributed by atoms with Crippen LogP contribution < -0.4 is 4.90 Å². The molecule has 17 heavy (non-hydrogen) atoms. The zero-order chi connectivity index (χ0) is 12.4. The van der Waals surface area contributed by atoms with Crippen molar-refractivity contribution >= 4 is 11.3 Å². The number of allylic oxidation sites excluding steroid dienone is 1. The van der Waals surface area contributed by atoms with E-state index in [1.54, 1.807) is 0 Å². The maximum atomic E-state index is 13.6. The molecule has 1 fully saturated rings. The number of anilines is 1. The predicted octanol–water partition coefficient (Wildman–Crippen LogP) is 3.08. The molecule has 0 aromatic heterocycles. The molecule has 1 aliphatic heterocycles. The highest BCUT2D eigenvalue weighted by Gasteiger charge is 2.17. The molecule has 1 saturated heterocycles. The number of nitrogens with zero attached hydrogens (tertiary/aromatic N) is 1. The van der Waals surface area contributed by atoms with Crippen molar-refractivity contribution in [1.82, 2.24) is 0 Å². The average Bonchev–Trinajstić information content (AvgIpc) is 2.29. The molecule has 1 aliphatic rings. The Morgan fingerprint density at radius 1 is 1.53 bits per heavy atom. The van der Waals surface area contributed by atoms with Crippen LogP contribution in [0.3, 0.4) is 0 Å². The number of halogens is 1. The van der Waals surface area contributed by atoms with Gasteiger partial charge in [0.25, 0.3) is 0 Å². The number of hydrogen-bond donors (Lipinski definition) is 0. The van der Waals surface area contributed by atoms with Crippen LogP contribution in [0.15, 0.2) is 24.8 Å². The molecule has 1 atom stereocenters. The Morgan fingerprint density at radius 3 is 2.94 bits per heavy atom. The smallest absolute Gasteiger partial charge is 0.130 e. The van der Waals surface area contributed by atoms with E-state index >= 15 is 0 Å². The largest absolute Gasteiger partial charge is 0.375 e. The molecule has 0 bridgehead atoms. The third-order valence-corrected chi connectivity index (χ3v) is 3.02. The minimum atomic E-state index is -0.206. The molecule has 3 heteroatoms. The lowest BCUT2D eigenvalue weighted by molar-refractivity contribution is 0.0532. The van der Waals surface area contributed by atoms with E-state index in [9.17, 15) is 4.39 Å². The van der Waals surface area contributed by atoms with Crippen molar-refractivity contribution in [3.63, 3.8) is 0 Å². The Bertz CT molecular complexity index is 430. The SMILES string of the molecule is C=C(C)c1cc(N2CCO[C@H](C)C2)ccc1F. The molecule has 2 nitrogen and oxygen atoms in total. The van der Waals surface area contributed by atoms with Crippen molar-refractivity contribution in [3.8, 4) is 0 Å². The van der Waals surface area contributed by atoms with Crippen molar-refractivity contribution in [2.24, 2.45) is 0 Å². The van der Waals surface area contributed by atoms with Gasteiger partial charge in [0.15, 0.2) is 0 Å². The maximum absolute atomic E-state index is 13.6. The van der Waals surface area contributed by atoms with Crippen LogP contribution in [-0.2, 0) is 4.74 Å². The average molecular weight is 235 g/mol. The van der Waals surface area contributed by atoms with Crippen LogP contribution in [0.1, 0.15) is 19.4 Å². The molecule has 0 amide bonds. The van der Waals surface area contributed by atoms with Crippen molar-refractivity contribution in [2.75, 3.05) is 24.6 Å². The van der Waals surface area contributed by atoms with Crippen molar-refractivity contribution in [1.29, 1.82) is 0 Å². The summed E-state index contributed by atoms with van der Waals surface area (Å²) in [6.45, 7) is 10.1. The topological polar surface area (TPSA) is 12.5 Å². The molecule has 1 aromatic rings. The molecule has 0 spiro atoms. The summed E-state index contributed by atoms with van der Waals surface area (Å²) in [6, 6.07) is 5.20. The summed E-state index contributed by atoms with van der Waals surface area (Å²) in [5.74, 6) is -0.206. The van der Waals surface area contributed by atoms with Crippen LogP contribution in [0.25, 0.3) is 5.57 Å². The van der Waals surface area contributed by atoms with Crippen LogP contribution in [-0.4, -0.2) is 25.8 Å².